The Balaban J connectivity index is 2.23. The summed E-state index contributed by atoms with van der Waals surface area (Å²) in [7, 11) is 0. The van der Waals surface area contributed by atoms with Crippen LogP contribution in [0.15, 0.2) is 0 Å². The van der Waals surface area contributed by atoms with Crippen molar-refractivity contribution in [3.63, 3.8) is 0 Å². The maximum Gasteiger partial charge on any atom is 0.324 e. The number of halogens is 1. The lowest BCUT2D eigenvalue weighted by molar-refractivity contribution is -0.121. The molecule has 1 N–H and O–H groups in total. The van der Waals surface area contributed by atoms with E-state index in [-0.39, 0.29) is 18.9 Å². The molecule has 11 heavy (non-hydrogen) atoms. The van der Waals surface area contributed by atoms with Crippen molar-refractivity contribution < 1.29 is 14.0 Å². The minimum atomic E-state index is -1.03. The van der Waals surface area contributed by atoms with Crippen molar-refractivity contribution in [1.29, 1.82) is 0 Å². The molecule has 0 aromatic rings. The molecule has 0 radical (unpaired) electrons. The fraction of sp³-hybridized carbons (Fsp3) is 0.667. The standard InChI is InChI=1S/C6H7FN2O2/c7-3-1-4-5(10)8-6(11)9(4)2-3/h3-4H,1-2H2,(H,8,10,11). The first kappa shape index (κ1) is 6.57. The summed E-state index contributed by atoms with van der Waals surface area (Å²) in [5, 5.41) is 2.12. The molecule has 2 unspecified atom stereocenters. The minimum Gasteiger partial charge on any atom is -0.309 e. The van der Waals surface area contributed by atoms with Gasteiger partial charge in [-0.05, 0) is 0 Å². The van der Waals surface area contributed by atoms with Gasteiger partial charge in [0.05, 0.1) is 6.54 Å². The second-order valence-corrected chi connectivity index (χ2v) is 2.80. The lowest BCUT2D eigenvalue weighted by atomic mass is 10.2. The van der Waals surface area contributed by atoms with Gasteiger partial charge in [-0.25, -0.2) is 9.18 Å². The molecule has 2 atom stereocenters. The van der Waals surface area contributed by atoms with Gasteiger partial charge < -0.3 is 4.90 Å². The topological polar surface area (TPSA) is 49.4 Å². The first-order chi connectivity index (χ1) is 5.18. The molecule has 2 heterocycles. The highest BCUT2D eigenvalue weighted by Gasteiger charge is 2.45. The first-order valence-corrected chi connectivity index (χ1v) is 3.44. The van der Waals surface area contributed by atoms with Gasteiger partial charge in [0.1, 0.15) is 12.2 Å². The SMILES string of the molecule is O=C1NC(=O)N2CC(F)CC12. The predicted molar refractivity (Wildman–Crippen MR) is 33.5 cm³/mol. The van der Waals surface area contributed by atoms with Crippen LogP contribution in [0.3, 0.4) is 0 Å². The maximum absolute atomic E-state index is 12.6. The number of carbonyl (C=O) groups excluding carboxylic acids is 2. The van der Waals surface area contributed by atoms with E-state index in [0.717, 1.165) is 0 Å². The van der Waals surface area contributed by atoms with Crippen molar-refractivity contribution in [2.75, 3.05) is 6.54 Å². The molecule has 0 bridgehead atoms. The molecule has 2 saturated heterocycles. The van der Waals surface area contributed by atoms with Crippen LogP contribution in [0.25, 0.3) is 0 Å². The third-order valence-corrected chi connectivity index (χ3v) is 2.04. The number of hydrogen-bond donors (Lipinski definition) is 1. The number of fused-ring (bicyclic) bond motifs is 1. The first-order valence-electron chi connectivity index (χ1n) is 3.44. The van der Waals surface area contributed by atoms with Gasteiger partial charge in [0.15, 0.2) is 0 Å². The van der Waals surface area contributed by atoms with Gasteiger partial charge in [-0.2, -0.15) is 0 Å². The molecule has 4 nitrogen and oxygen atoms in total. The third kappa shape index (κ3) is 0.800. The van der Waals surface area contributed by atoms with Gasteiger partial charge in [0, 0.05) is 6.42 Å². The molecule has 3 amide bonds. The summed E-state index contributed by atoms with van der Waals surface area (Å²) in [5.74, 6) is -0.366. The molecule has 60 valence electrons. The number of rotatable bonds is 0. The summed E-state index contributed by atoms with van der Waals surface area (Å²) in [6.07, 6.45) is -0.882. The number of hydrogen-bond acceptors (Lipinski definition) is 2. The summed E-state index contributed by atoms with van der Waals surface area (Å²) in [4.78, 5) is 23.0. The average Bonchev–Trinajstić information content (AvgIpc) is 2.38. The highest BCUT2D eigenvalue weighted by molar-refractivity contribution is 6.04. The Hall–Kier alpha value is -1.13. The number of nitrogens with zero attached hydrogens (tertiary/aromatic N) is 1. The van der Waals surface area contributed by atoms with E-state index < -0.39 is 18.2 Å². The zero-order chi connectivity index (χ0) is 8.01. The zero-order valence-electron chi connectivity index (χ0n) is 5.71. The predicted octanol–water partition coefficient (Wildman–Crippen LogP) is -0.351. The van der Waals surface area contributed by atoms with Crippen LogP contribution in [-0.4, -0.2) is 35.6 Å². The van der Waals surface area contributed by atoms with E-state index in [4.69, 9.17) is 0 Å². The van der Waals surface area contributed by atoms with Crippen LogP contribution >= 0.6 is 0 Å². The summed E-state index contributed by atoms with van der Waals surface area (Å²) in [6.45, 7) is 0.0578. The number of nitrogens with one attached hydrogen (secondary N) is 1. The van der Waals surface area contributed by atoms with Crippen LogP contribution in [-0.2, 0) is 4.79 Å². The van der Waals surface area contributed by atoms with E-state index in [9.17, 15) is 14.0 Å². The van der Waals surface area contributed by atoms with Crippen LogP contribution in [0.5, 0.6) is 0 Å². The Bertz CT molecular complexity index is 209. The summed E-state index contributed by atoms with van der Waals surface area (Å²) in [6, 6.07) is -1.00. The van der Waals surface area contributed by atoms with E-state index in [1.807, 2.05) is 0 Å². The monoisotopic (exact) mass is 158 g/mol. The zero-order valence-corrected chi connectivity index (χ0v) is 5.71. The van der Waals surface area contributed by atoms with Crippen molar-refractivity contribution >= 4 is 11.9 Å². The number of amides is 3. The van der Waals surface area contributed by atoms with Crippen molar-refractivity contribution in [1.82, 2.24) is 10.2 Å². The molecule has 2 fully saturated rings. The van der Waals surface area contributed by atoms with Gasteiger partial charge in [0.25, 0.3) is 5.91 Å². The Morgan fingerprint density at radius 3 is 2.91 bits per heavy atom. The van der Waals surface area contributed by atoms with Crippen molar-refractivity contribution in [2.45, 2.75) is 18.6 Å². The fourth-order valence-corrected chi connectivity index (χ4v) is 1.52. The third-order valence-electron chi connectivity index (χ3n) is 2.04. The molecule has 0 saturated carbocycles. The largest absolute Gasteiger partial charge is 0.324 e. The van der Waals surface area contributed by atoms with Crippen LogP contribution in [0.1, 0.15) is 6.42 Å². The van der Waals surface area contributed by atoms with Gasteiger partial charge in [-0.1, -0.05) is 0 Å². The summed E-state index contributed by atoms with van der Waals surface area (Å²) >= 11 is 0. The summed E-state index contributed by atoms with van der Waals surface area (Å²) in [5.41, 5.74) is 0. The van der Waals surface area contributed by atoms with Crippen LogP contribution < -0.4 is 5.32 Å². The average molecular weight is 158 g/mol. The summed E-state index contributed by atoms with van der Waals surface area (Å²) < 4.78 is 12.6. The smallest absolute Gasteiger partial charge is 0.309 e. The molecular weight excluding hydrogens is 151 g/mol. The van der Waals surface area contributed by atoms with Gasteiger partial charge in [0.2, 0.25) is 0 Å². The number of urea groups is 1. The Labute approximate surface area is 62.4 Å². The minimum absolute atomic E-state index is 0.0578. The molecule has 5 heteroatoms. The van der Waals surface area contributed by atoms with E-state index in [0.29, 0.717) is 0 Å². The molecule has 0 aromatic carbocycles. The Morgan fingerprint density at radius 1 is 1.55 bits per heavy atom. The molecule has 0 aliphatic carbocycles. The van der Waals surface area contributed by atoms with Crippen molar-refractivity contribution in [3.8, 4) is 0 Å². The maximum atomic E-state index is 12.6. The van der Waals surface area contributed by atoms with E-state index in [1.165, 1.54) is 4.90 Å². The van der Waals surface area contributed by atoms with Crippen LogP contribution in [0, 0.1) is 0 Å². The van der Waals surface area contributed by atoms with Crippen LogP contribution in [0.4, 0.5) is 9.18 Å². The molecule has 2 aliphatic rings. The molecule has 2 rings (SSSR count). The fourth-order valence-electron chi connectivity index (χ4n) is 1.52. The highest BCUT2D eigenvalue weighted by Crippen LogP contribution is 2.23. The second kappa shape index (κ2) is 1.93. The quantitative estimate of drug-likeness (QED) is 0.490. The van der Waals surface area contributed by atoms with Gasteiger partial charge >= 0.3 is 6.03 Å². The van der Waals surface area contributed by atoms with E-state index in [2.05, 4.69) is 5.32 Å². The van der Waals surface area contributed by atoms with Crippen molar-refractivity contribution in [3.05, 3.63) is 0 Å². The lowest BCUT2D eigenvalue weighted by Crippen LogP contribution is -2.29. The molecule has 0 spiro atoms. The van der Waals surface area contributed by atoms with Gasteiger partial charge in [-0.3, -0.25) is 10.1 Å². The lowest BCUT2D eigenvalue weighted by Gasteiger charge is -2.08. The normalized spacial score (nSPS) is 35.9. The Morgan fingerprint density at radius 2 is 2.27 bits per heavy atom. The highest BCUT2D eigenvalue weighted by atomic mass is 19.1. The molecular formula is C6H7FN2O2. The second-order valence-electron chi connectivity index (χ2n) is 2.80. The van der Waals surface area contributed by atoms with Gasteiger partial charge in [-0.15, -0.1) is 0 Å². The molecule has 2 aliphatic heterocycles. The van der Waals surface area contributed by atoms with Crippen molar-refractivity contribution in [2.24, 2.45) is 0 Å². The Kier molecular flexibility index (Phi) is 1.15. The van der Waals surface area contributed by atoms with Crippen LogP contribution in [0.2, 0.25) is 0 Å². The van der Waals surface area contributed by atoms with E-state index in [1.54, 1.807) is 0 Å². The van der Waals surface area contributed by atoms with E-state index >= 15 is 0 Å². The number of carbonyl (C=O) groups is 2. The molecule has 0 aromatic heterocycles. The number of alkyl halides is 1. The number of imide groups is 1.